The number of furan rings is 1. The molecule has 2 heterocycles. The number of pyridine rings is 1. The average Bonchev–Trinajstić information content (AvgIpc) is 3.21. The Morgan fingerprint density at radius 3 is 2.29 bits per heavy atom. The summed E-state index contributed by atoms with van der Waals surface area (Å²) in [7, 11) is 0. The predicted octanol–water partition coefficient (Wildman–Crippen LogP) is 7.77. The number of aromatic nitrogens is 1. The summed E-state index contributed by atoms with van der Waals surface area (Å²) in [5.41, 5.74) is 5.92. The molecule has 0 atom stereocenters. The number of ketones is 1. The molecule has 5 aromatic rings. The number of allylic oxidation sites excluding steroid dienone is 2. The van der Waals surface area contributed by atoms with Gasteiger partial charge in [-0.2, -0.15) is 0 Å². The van der Waals surface area contributed by atoms with Crippen LogP contribution in [0.1, 0.15) is 25.0 Å². The minimum absolute atomic E-state index is 0. The molecular formula is C30H26IrNO3-. The van der Waals surface area contributed by atoms with Crippen LogP contribution >= 0.6 is 0 Å². The van der Waals surface area contributed by atoms with Crippen LogP contribution < -0.4 is 0 Å². The number of rotatable bonds is 3. The number of fused-ring (bicyclic) bond motifs is 2. The van der Waals surface area contributed by atoms with Crippen LogP contribution in [0, 0.1) is 19.9 Å². The van der Waals surface area contributed by atoms with Gasteiger partial charge in [-0.25, -0.2) is 0 Å². The average molecular weight is 641 g/mol. The molecule has 0 aliphatic carbocycles. The van der Waals surface area contributed by atoms with Crippen molar-refractivity contribution in [3.63, 3.8) is 0 Å². The first kappa shape index (κ1) is 26.1. The summed E-state index contributed by atoms with van der Waals surface area (Å²) >= 11 is 0. The van der Waals surface area contributed by atoms with Crippen LogP contribution in [0.3, 0.4) is 0 Å². The fraction of sp³-hybridized carbons (Fsp3) is 0.133. The summed E-state index contributed by atoms with van der Waals surface area (Å²) in [4.78, 5) is 14.8. The van der Waals surface area contributed by atoms with Crippen LogP contribution in [-0.4, -0.2) is 15.9 Å². The molecule has 1 radical (unpaired) electrons. The van der Waals surface area contributed by atoms with Crippen LogP contribution in [0.4, 0.5) is 0 Å². The molecule has 1 N–H and O–H groups in total. The van der Waals surface area contributed by atoms with Crippen molar-refractivity contribution in [3.05, 3.63) is 102 Å². The monoisotopic (exact) mass is 641 g/mol. The van der Waals surface area contributed by atoms with E-state index in [1.165, 1.54) is 36.3 Å². The first-order chi connectivity index (χ1) is 16.3. The second-order valence-corrected chi connectivity index (χ2v) is 8.41. The van der Waals surface area contributed by atoms with Gasteiger partial charge in [-0.3, -0.25) is 9.78 Å². The first-order valence-electron chi connectivity index (χ1n) is 11.1. The van der Waals surface area contributed by atoms with Crippen molar-refractivity contribution in [2.45, 2.75) is 27.7 Å². The van der Waals surface area contributed by atoms with Gasteiger partial charge in [0.2, 0.25) is 5.71 Å². The maximum atomic E-state index is 10.0. The summed E-state index contributed by atoms with van der Waals surface area (Å²) in [6.45, 7) is 6.99. The van der Waals surface area contributed by atoms with Gasteiger partial charge in [-0.05, 0) is 42.4 Å². The van der Waals surface area contributed by atoms with E-state index in [2.05, 4.69) is 86.6 Å². The second-order valence-electron chi connectivity index (χ2n) is 8.41. The molecule has 3 aromatic carbocycles. The summed E-state index contributed by atoms with van der Waals surface area (Å²) in [5, 5.41) is 11.8. The van der Waals surface area contributed by atoms with E-state index < -0.39 is 0 Å². The predicted molar refractivity (Wildman–Crippen MR) is 138 cm³/mol. The molecule has 0 aliphatic heterocycles. The second kappa shape index (κ2) is 11.3. The molecule has 35 heavy (non-hydrogen) atoms. The van der Waals surface area contributed by atoms with Gasteiger partial charge in [0.15, 0.2) is 5.78 Å². The molecule has 179 valence electrons. The minimum atomic E-state index is -0.125. The van der Waals surface area contributed by atoms with E-state index in [1.807, 2.05) is 6.07 Å². The fourth-order valence-electron chi connectivity index (χ4n) is 3.88. The zero-order valence-corrected chi connectivity index (χ0v) is 22.4. The van der Waals surface area contributed by atoms with E-state index >= 15 is 0 Å². The van der Waals surface area contributed by atoms with Gasteiger partial charge in [-0.1, -0.05) is 62.4 Å². The third-order valence-corrected chi connectivity index (χ3v) is 5.25. The molecule has 0 spiro atoms. The molecule has 4 nitrogen and oxygen atoms in total. The number of carbonyl (C=O) groups excluding carboxylic acids is 1. The van der Waals surface area contributed by atoms with Crippen LogP contribution in [-0.2, 0) is 24.9 Å². The third-order valence-electron chi connectivity index (χ3n) is 5.25. The largest absolute Gasteiger partial charge is 0.512 e. The van der Waals surface area contributed by atoms with Gasteiger partial charge in [0.1, 0.15) is 5.76 Å². The maximum absolute atomic E-state index is 10.0. The molecular weight excluding hydrogens is 615 g/mol. The maximum Gasteiger partial charge on any atom is 0.217 e. The number of aliphatic hydroxyl groups is 1. The molecule has 5 heteroatoms. The Morgan fingerprint density at radius 1 is 0.914 bits per heavy atom. The molecule has 0 fully saturated rings. The SMILES string of the molecule is CC(=O)/C=C(/C)O.Cc1[c-]c(-c2ccc3cc(-c4ccc5ccccc5c4)oc3n2)cc(C)c1.[Ir]. The van der Waals surface area contributed by atoms with Crippen LogP contribution in [0.15, 0.2) is 89.0 Å². The van der Waals surface area contributed by atoms with Gasteiger partial charge in [0, 0.05) is 37.1 Å². The summed E-state index contributed by atoms with van der Waals surface area (Å²) in [6, 6.07) is 28.5. The number of hydrogen-bond acceptors (Lipinski definition) is 4. The van der Waals surface area contributed by atoms with E-state index in [4.69, 9.17) is 14.5 Å². The first-order valence-corrected chi connectivity index (χ1v) is 11.1. The molecule has 0 aliphatic rings. The Labute approximate surface area is 218 Å². The normalized spacial score (nSPS) is 11.0. The van der Waals surface area contributed by atoms with Crippen LogP contribution in [0.5, 0.6) is 0 Å². The topological polar surface area (TPSA) is 63.3 Å². The van der Waals surface area contributed by atoms with E-state index in [0.29, 0.717) is 5.71 Å². The number of nitrogens with zero attached hydrogens (tertiary/aromatic N) is 1. The van der Waals surface area contributed by atoms with Crippen molar-refractivity contribution >= 4 is 27.7 Å². The Hall–Kier alpha value is -3.53. The van der Waals surface area contributed by atoms with Crippen LogP contribution in [0.25, 0.3) is 44.5 Å². The Kier molecular flexibility index (Phi) is 8.39. The zero-order chi connectivity index (χ0) is 24.2. The Bertz CT molecular complexity index is 1510. The number of carbonyl (C=O) groups is 1. The standard InChI is InChI=1S/C25H18NO.C5H8O2.Ir/c1-16-11-17(2)13-22(12-16)23-10-9-21-15-24(27-25(21)26-23)20-8-7-18-5-3-4-6-19(18)14-20;1-4(6)3-5(2)7;/h3-12,14-15H,1-2H3;3,6H,1-2H3;/q-1;;/b;4-3-;. The molecule has 0 bridgehead atoms. The summed E-state index contributed by atoms with van der Waals surface area (Å²) < 4.78 is 6.10. The van der Waals surface area contributed by atoms with Gasteiger partial charge in [0.25, 0.3) is 0 Å². The third kappa shape index (κ3) is 6.54. The van der Waals surface area contributed by atoms with Gasteiger partial charge >= 0.3 is 0 Å². The molecule has 0 saturated carbocycles. The van der Waals surface area contributed by atoms with E-state index in [0.717, 1.165) is 33.5 Å². The summed E-state index contributed by atoms with van der Waals surface area (Å²) in [6.07, 6.45) is 1.17. The van der Waals surface area contributed by atoms with Crippen molar-refractivity contribution in [3.8, 4) is 22.6 Å². The Morgan fingerprint density at radius 2 is 1.63 bits per heavy atom. The van der Waals surface area contributed by atoms with Crippen molar-refractivity contribution in [1.29, 1.82) is 0 Å². The summed E-state index contributed by atoms with van der Waals surface area (Å²) in [5.74, 6) is 0.775. The number of benzene rings is 3. The van der Waals surface area contributed by atoms with E-state index in [-0.39, 0.29) is 31.6 Å². The van der Waals surface area contributed by atoms with Crippen molar-refractivity contribution in [2.24, 2.45) is 0 Å². The van der Waals surface area contributed by atoms with Crippen LogP contribution in [0.2, 0.25) is 0 Å². The van der Waals surface area contributed by atoms with Gasteiger partial charge < -0.3 is 9.52 Å². The number of hydrogen-bond donors (Lipinski definition) is 1. The molecule has 0 amide bonds. The molecule has 0 unspecified atom stereocenters. The molecule has 2 aromatic heterocycles. The van der Waals surface area contributed by atoms with Gasteiger partial charge in [-0.15, -0.1) is 34.9 Å². The zero-order valence-electron chi connectivity index (χ0n) is 20.0. The van der Waals surface area contributed by atoms with Crippen molar-refractivity contribution in [2.75, 3.05) is 0 Å². The Balaban J connectivity index is 0.000000378. The van der Waals surface area contributed by atoms with Crippen molar-refractivity contribution in [1.82, 2.24) is 4.98 Å². The fourth-order valence-corrected chi connectivity index (χ4v) is 3.88. The number of aryl methyl sites for hydroxylation is 2. The minimum Gasteiger partial charge on any atom is -0.512 e. The quantitative estimate of drug-likeness (QED) is 0.124. The van der Waals surface area contributed by atoms with Crippen molar-refractivity contribution < 1.29 is 34.4 Å². The van der Waals surface area contributed by atoms with E-state index in [1.54, 1.807) is 0 Å². The van der Waals surface area contributed by atoms with E-state index in [9.17, 15) is 4.79 Å². The number of aliphatic hydroxyl groups excluding tert-OH is 1. The van der Waals surface area contributed by atoms with Gasteiger partial charge in [0.05, 0.1) is 5.76 Å². The molecule has 0 saturated heterocycles. The molecule has 5 rings (SSSR count). The smallest absolute Gasteiger partial charge is 0.217 e.